The molecule has 5 nitrogen and oxygen atoms in total. The SMILES string of the molecule is O=C1CC(CNC(=O)N(Cc2ccccc2)C2CCCCC2)CN1C1CC1. The van der Waals surface area contributed by atoms with Crippen LogP contribution in [-0.2, 0) is 11.3 Å². The van der Waals surface area contributed by atoms with Crippen molar-refractivity contribution in [1.82, 2.24) is 15.1 Å². The predicted octanol–water partition coefficient (Wildman–Crippen LogP) is 3.54. The van der Waals surface area contributed by atoms with Gasteiger partial charge in [-0.2, -0.15) is 0 Å². The minimum absolute atomic E-state index is 0.0306. The lowest BCUT2D eigenvalue weighted by Crippen LogP contribution is -2.47. The molecule has 1 unspecified atom stereocenters. The number of nitrogens with one attached hydrogen (secondary N) is 1. The summed E-state index contributed by atoms with van der Waals surface area (Å²) in [6.07, 6.45) is 8.76. The van der Waals surface area contributed by atoms with E-state index in [0.717, 1.165) is 32.2 Å². The van der Waals surface area contributed by atoms with Crippen LogP contribution in [0.15, 0.2) is 30.3 Å². The quantitative estimate of drug-likeness (QED) is 0.834. The third-order valence-corrected chi connectivity index (χ3v) is 6.24. The maximum absolute atomic E-state index is 13.0. The molecule has 5 heteroatoms. The Kier molecular flexibility index (Phi) is 5.65. The molecule has 1 aliphatic heterocycles. The molecule has 3 aliphatic rings. The molecule has 3 amide bonds. The van der Waals surface area contributed by atoms with Gasteiger partial charge in [0.2, 0.25) is 5.91 Å². The number of carbonyl (C=O) groups excluding carboxylic acids is 2. The van der Waals surface area contributed by atoms with Gasteiger partial charge < -0.3 is 15.1 Å². The van der Waals surface area contributed by atoms with Gasteiger partial charge in [0.25, 0.3) is 0 Å². The number of carbonyl (C=O) groups is 2. The Morgan fingerprint density at radius 2 is 1.81 bits per heavy atom. The number of benzene rings is 1. The zero-order valence-corrected chi connectivity index (χ0v) is 16.1. The highest BCUT2D eigenvalue weighted by atomic mass is 16.2. The number of hydrogen-bond donors (Lipinski definition) is 1. The number of rotatable bonds is 6. The van der Waals surface area contributed by atoms with Crippen LogP contribution in [0, 0.1) is 5.92 Å². The highest BCUT2D eigenvalue weighted by molar-refractivity contribution is 5.79. The molecule has 2 aliphatic carbocycles. The van der Waals surface area contributed by atoms with Crippen molar-refractivity contribution in [2.75, 3.05) is 13.1 Å². The highest BCUT2D eigenvalue weighted by Gasteiger charge is 2.39. The first-order valence-electron chi connectivity index (χ1n) is 10.6. The zero-order valence-electron chi connectivity index (χ0n) is 16.1. The standard InChI is InChI=1S/C22H31N3O2/c26-21-13-18(16-24(21)20-11-12-20)14-23-22(27)25(19-9-5-2-6-10-19)15-17-7-3-1-4-8-17/h1,3-4,7-8,18-20H,2,5-6,9-16H2,(H,23,27). The molecular weight excluding hydrogens is 338 g/mol. The van der Waals surface area contributed by atoms with E-state index in [0.29, 0.717) is 31.6 Å². The fourth-order valence-corrected chi connectivity index (χ4v) is 4.56. The Labute approximate surface area is 162 Å². The van der Waals surface area contributed by atoms with Gasteiger partial charge in [0, 0.05) is 44.1 Å². The van der Waals surface area contributed by atoms with Crippen LogP contribution in [0.3, 0.4) is 0 Å². The van der Waals surface area contributed by atoms with Crippen LogP contribution in [-0.4, -0.2) is 46.9 Å². The summed E-state index contributed by atoms with van der Waals surface area (Å²) >= 11 is 0. The molecular formula is C22H31N3O2. The van der Waals surface area contributed by atoms with Crippen LogP contribution < -0.4 is 5.32 Å². The summed E-state index contributed by atoms with van der Waals surface area (Å²) in [5, 5.41) is 3.15. The second kappa shape index (κ2) is 8.32. The Morgan fingerprint density at radius 1 is 1.07 bits per heavy atom. The lowest BCUT2D eigenvalue weighted by atomic mass is 9.94. The van der Waals surface area contributed by atoms with Gasteiger partial charge in [-0.25, -0.2) is 4.79 Å². The van der Waals surface area contributed by atoms with Crippen molar-refractivity contribution in [2.45, 2.75) is 70.0 Å². The normalized spacial score (nSPS) is 23.5. The molecule has 3 fully saturated rings. The third kappa shape index (κ3) is 4.63. The van der Waals surface area contributed by atoms with E-state index in [2.05, 4.69) is 17.4 Å². The summed E-state index contributed by atoms with van der Waals surface area (Å²) in [6, 6.07) is 11.1. The van der Waals surface area contributed by atoms with Crippen LogP contribution in [0.1, 0.15) is 56.9 Å². The molecule has 1 heterocycles. The molecule has 1 atom stereocenters. The molecule has 1 aromatic carbocycles. The molecule has 0 aromatic heterocycles. The number of nitrogens with zero attached hydrogens (tertiary/aromatic N) is 2. The first kappa shape index (κ1) is 18.3. The van der Waals surface area contributed by atoms with E-state index in [1.54, 1.807) is 0 Å². The average molecular weight is 370 g/mol. The van der Waals surface area contributed by atoms with Crippen molar-refractivity contribution in [3.8, 4) is 0 Å². The molecule has 0 spiro atoms. The summed E-state index contributed by atoms with van der Waals surface area (Å²) in [6.45, 7) is 2.08. The van der Waals surface area contributed by atoms with Crippen molar-refractivity contribution in [1.29, 1.82) is 0 Å². The smallest absolute Gasteiger partial charge is 0.317 e. The third-order valence-electron chi connectivity index (χ3n) is 6.24. The van der Waals surface area contributed by atoms with Crippen LogP contribution >= 0.6 is 0 Å². The van der Waals surface area contributed by atoms with Crippen molar-refractivity contribution in [3.63, 3.8) is 0 Å². The minimum Gasteiger partial charge on any atom is -0.339 e. The van der Waals surface area contributed by atoms with Gasteiger partial charge in [0.05, 0.1) is 0 Å². The van der Waals surface area contributed by atoms with Crippen LogP contribution in [0.25, 0.3) is 0 Å². The second-order valence-electron chi connectivity index (χ2n) is 8.44. The Balaban J connectivity index is 1.35. The van der Waals surface area contributed by atoms with E-state index in [9.17, 15) is 9.59 Å². The highest BCUT2D eigenvalue weighted by Crippen LogP contribution is 2.32. The van der Waals surface area contributed by atoms with Gasteiger partial charge in [0.1, 0.15) is 0 Å². The van der Waals surface area contributed by atoms with Crippen molar-refractivity contribution >= 4 is 11.9 Å². The van der Waals surface area contributed by atoms with E-state index < -0.39 is 0 Å². The fraction of sp³-hybridized carbons (Fsp3) is 0.636. The molecule has 27 heavy (non-hydrogen) atoms. The first-order valence-corrected chi connectivity index (χ1v) is 10.6. The second-order valence-corrected chi connectivity index (χ2v) is 8.44. The Hall–Kier alpha value is -2.04. The lowest BCUT2D eigenvalue weighted by molar-refractivity contribution is -0.128. The maximum atomic E-state index is 13.0. The van der Waals surface area contributed by atoms with Gasteiger partial charge in [-0.3, -0.25) is 4.79 Å². The molecule has 1 aromatic rings. The Bertz CT molecular complexity index is 653. The van der Waals surface area contributed by atoms with E-state index in [1.807, 2.05) is 28.0 Å². The summed E-state index contributed by atoms with van der Waals surface area (Å²) in [5.74, 6) is 0.525. The topological polar surface area (TPSA) is 52.7 Å². The molecule has 0 radical (unpaired) electrons. The average Bonchev–Trinajstić information content (AvgIpc) is 3.48. The van der Waals surface area contributed by atoms with Crippen LogP contribution in [0.2, 0.25) is 0 Å². The van der Waals surface area contributed by atoms with E-state index >= 15 is 0 Å². The lowest BCUT2D eigenvalue weighted by Gasteiger charge is -2.34. The summed E-state index contributed by atoms with van der Waals surface area (Å²) < 4.78 is 0. The first-order chi connectivity index (χ1) is 13.2. The molecule has 2 saturated carbocycles. The van der Waals surface area contributed by atoms with Gasteiger partial charge >= 0.3 is 6.03 Å². The number of amides is 3. The largest absolute Gasteiger partial charge is 0.339 e. The molecule has 4 rings (SSSR count). The van der Waals surface area contributed by atoms with E-state index in [-0.39, 0.29) is 17.9 Å². The maximum Gasteiger partial charge on any atom is 0.317 e. The van der Waals surface area contributed by atoms with Gasteiger partial charge in [-0.1, -0.05) is 49.6 Å². The number of hydrogen-bond acceptors (Lipinski definition) is 2. The fourth-order valence-electron chi connectivity index (χ4n) is 4.56. The number of likely N-dealkylation sites (tertiary alicyclic amines) is 1. The molecule has 146 valence electrons. The van der Waals surface area contributed by atoms with Gasteiger partial charge in [-0.05, 0) is 31.2 Å². The zero-order chi connectivity index (χ0) is 18.6. The minimum atomic E-state index is 0.0306. The van der Waals surface area contributed by atoms with Crippen LogP contribution in [0.4, 0.5) is 4.79 Å². The Morgan fingerprint density at radius 3 is 2.52 bits per heavy atom. The van der Waals surface area contributed by atoms with Crippen LogP contribution in [0.5, 0.6) is 0 Å². The van der Waals surface area contributed by atoms with Gasteiger partial charge in [-0.15, -0.1) is 0 Å². The van der Waals surface area contributed by atoms with Crippen molar-refractivity contribution in [2.24, 2.45) is 5.92 Å². The van der Waals surface area contributed by atoms with E-state index in [1.165, 1.54) is 24.8 Å². The van der Waals surface area contributed by atoms with Crippen molar-refractivity contribution in [3.05, 3.63) is 35.9 Å². The summed E-state index contributed by atoms with van der Waals surface area (Å²) in [7, 11) is 0. The molecule has 1 saturated heterocycles. The predicted molar refractivity (Wildman–Crippen MR) is 105 cm³/mol. The van der Waals surface area contributed by atoms with E-state index in [4.69, 9.17) is 0 Å². The summed E-state index contributed by atoms with van der Waals surface area (Å²) in [4.78, 5) is 29.2. The molecule has 0 bridgehead atoms. The van der Waals surface area contributed by atoms with Crippen molar-refractivity contribution < 1.29 is 9.59 Å². The molecule has 1 N–H and O–H groups in total. The summed E-state index contributed by atoms with van der Waals surface area (Å²) in [5.41, 5.74) is 1.18. The number of urea groups is 1. The van der Waals surface area contributed by atoms with Gasteiger partial charge in [0.15, 0.2) is 0 Å². The monoisotopic (exact) mass is 369 g/mol.